The second kappa shape index (κ2) is 9.22. The third kappa shape index (κ3) is 5.46. The van der Waals surface area contributed by atoms with Crippen molar-refractivity contribution in [1.82, 2.24) is 14.9 Å². The van der Waals surface area contributed by atoms with E-state index in [9.17, 15) is 4.79 Å². The van der Waals surface area contributed by atoms with Gasteiger partial charge < -0.3 is 10.7 Å². The fourth-order valence-corrected chi connectivity index (χ4v) is 3.40. The lowest BCUT2D eigenvalue weighted by Crippen LogP contribution is -2.48. The van der Waals surface area contributed by atoms with E-state index in [2.05, 4.69) is 14.9 Å². The van der Waals surface area contributed by atoms with Crippen molar-refractivity contribution in [2.75, 3.05) is 6.54 Å². The molecule has 5 nitrogen and oxygen atoms in total. The van der Waals surface area contributed by atoms with Gasteiger partial charge in [-0.3, -0.25) is 9.69 Å². The first-order chi connectivity index (χ1) is 11.9. The van der Waals surface area contributed by atoms with E-state index in [0.717, 1.165) is 24.2 Å². The SMILES string of the molecule is CC(C)[C@@H](C(N)=O)N(CCCc1ncc[nH]1)Cc1cccc(Cl)c1Cl. The first kappa shape index (κ1) is 19.8. The Morgan fingerprint density at radius 1 is 1.36 bits per heavy atom. The molecule has 0 fully saturated rings. The zero-order valence-corrected chi connectivity index (χ0v) is 16.0. The van der Waals surface area contributed by atoms with Crippen LogP contribution in [-0.2, 0) is 17.8 Å². The maximum atomic E-state index is 12.0. The Bertz CT molecular complexity index is 688. The molecule has 0 bridgehead atoms. The van der Waals surface area contributed by atoms with Crippen molar-refractivity contribution in [1.29, 1.82) is 0 Å². The number of aromatic nitrogens is 2. The predicted octanol–water partition coefficient (Wildman–Crippen LogP) is 3.66. The Kier molecular flexibility index (Phi) is 7.29. The maximum Gasteiger partial charge on any atom is 0.235 e. The molecule has 2 aromatic rings. The summed E-state index contributed by atoms with van der Waals surface area (Å²) in [5.74, 6) is 0.700. The molecule has 0 saturated heterocycles. The molecule has 2 rings (SSSR count). The van der Waals surface area contributed by atoms with Crippen LogP contribution in [0.3, 0.4) is 0 Å². The second-order valence-corrected chi connectivity index (χ2v) is 7.20. The molecule has 1 aromatic carbocycles. The number of amides is 1. The van der Waals surface area contributed by atoms with Crippen LogP contribution in [0, 0.1) is 5.92 Å². The highest BCUT2D eigenvalue weighted by Crippen LogP contribution is 2.27. The molecule has 25 heavy (non-hydrogen) atoms. The van der Waals surface area contributed by atoms with Gasteiger partial charge in [-0.15, -0.1) is 0 Å². The summed E-state index contributed by atoms with van der Waals surface area (Å²) < 4.78 is 0. The third-order valence-corrected chi connectivity index (χ3v) is 4.99. The number of aromatic amines is 1. The van der Waals surface area contributed by atoms with Crippen LogP contribution >= 0.6 is 23.2 Å². The number of halogens is 2. The van der Waals surface area contributed by atoms with Gasteiger partial charge in [0.25, 0.3) is 0 Å². The first-order valence-electron chi connectivity index (χ1n) is 8.34. The number of H-pyrrole nitrogens is 1. The van der Waals surface area contributed by atoms with Crippen LogP contribution in [0.5, 0.6) is 0 Å². The van der Waals surface area contributed by atoms with Crippen LogP contribution in [0.1, 0.15) is 31.7 Å². The Balaban J connectivity index is 2.15. The third-order valence-electron chi connectivity index (χ3n) is 4.14. The quantitative estimate of drug-likeness (QED) is 0.694. The number of hydrogen-bond donors (Lipinski definition) is 2. The van der Waals surface area contributed by atoms with Gasteiger partial charge in [-0.05, 0) is 30.5 Å². The lowest BCUT2D eigenvalue weighted by molar-refractivity contribution is -0.125. The fraction of sp³-hybridized carbons (Fsp3) is 0.444. The highest BCUT2D eigenvalue weighted by molar-refractivity contribution is 6.42. The molecule has 1 atom stereocenters. The number of benzene rings is 1. The summed E-state index contributed by atoms with van der Waals surface area (Å²) in [6, 6.07) is 5.17. The number of nitrogens with zero attached hydrogens (tertiary/aromatic N) is 2. The standard InChI is InChI=1S/C18H24Cl2N4O/c1-12(2)17(18(21)25)24(10-4-7-15-22-8-9-23-15)11-13-5-3-6-14(19)16(13)20/h3,5-6,8-9,12,17H,4,7,10-11H2,1-2H3,(H2,21,25)(H,22,23)/t17-/m0/s1. The molecule has 1 aromatic heterocycles. The van der Waals surface area contributed by atoms with Crippen molar-refractivity contribution in [3.8, 4) is 0 Å². The lowest BCUT2D eigenvalue weighted by Gasteiger charge is -2.32. The topological polar surface area (TPSA) is 75.0 Å². The normalized spacial score (nSPS) is 12.7. The summed E-state index contributed by atoms with van der Waals surface area (Å²) in [6.45, 7) is 5.21. The molecule has 136 valence electrons. The number of nitrogens with one attached hydrogen (secondary N) is 1. The fourth-order valence-electron chi connectivity index (χ4n) is 3.02. The van der Waals surface area contributed by atoms with Crippen molar-refractivity contribution in [2.45, 2.75) is 39.3 Å². The molecule has 0 saturated carbocycles. The summed E-state index contributed by atoms with van der Waals surface area (Å²) >= 11 is 12.4. The van der Waals surface area contributed by atoms with Gasteiger partial charge in [0.1, 0.15) is 5.82 Å². The lowest BCUT2D eigenvalue weighted by atomic mass is 10.0. The number of hydrogen-bond acceptors (Lipinski definition) is 3. The second-order valence-electron chi connectivity index (χ2n) is 6.41. The van der Waals surface area contributed by atoms with Crippen molar-refractivity contribution in [2.24, 2.45) is 11.7 Å². The highest BCUT2D eigenvalue weighted by Gasteiger charge is 2.27. The molecule has 1 amide bonds. The zero-order chi connectivity index (χ0) is 18.4. The average molecular weight is 383 g/mol. The molecule has 0 unspecified atom stereocenters. The van der Waals surface area contributed by atoms with Crippen molar-refractivity contribution in [3.63, 3.8) is 0 Å². The van der Waals surface area contributed by atoms with Crippen molar-refractivity contribution in [3.05, 3.63) is 52.0 Å². The predicted molar refractivity (Wildman–Crippen MR) is 102 cm³/mol. The van der Waals surface area contributed by atoms with E-state index in [1.807, 2.05) is 26.0 Å². The van der Waals surface area contributed by atoms with Crippen LogP contribution in [-0.4, -0.2) is 33.4 Å². The Morgan fingerprint density at radius 2 is 2.12 bits per heavy atom. The van der Waals surface area contributed by atoms with Gasteiger partial charge >= 0.3 is 0 Å². The monoisotopic (exact) mass is 382 g/mol. The molecule has 0 aliphatic heterocycles. The maximum absolute atomic E-state index is 12.0. The minimum Gasteiger partial charge on any atom is -0.368 e. The molecular weight excluding hydrogens is 359 g/mol. The minimum atomic E-state index is -0.369. The number of nitrogens with two attached hydrogens (primary N) is 1. The number of imidazole rings is 1. The van der Waals surface area contributed by atoms with Crippen LogP contribution in [0.25, 0.3) is 0 Å². The van der Waals surface area contributed by atoms with Gasteiger partial charge in [0.2, 0.25) is 5.91 Å². The number of rotatable bonds is 9. The van der Waals surface area contributed by atoms with E-state index >= 15 is 0 Å². The minimum absolute atomic E-state index is 0.0964. The molecule has 7 heteroatoms. The largest absolute Gasteiger partial charge is 0.368 e. The number of primary amides is 1. The Labute approximate surface area is 158 Å². The van der Waals surface area contributed by atoms with E-state index in [1.165, 1.54) is 0 Å². The van der Waals surface area contributed by atoms with Crippen LogP contribution in [0.15, 0.2) is 30.6 Å². The molecule has 0 aliphatic carbocycles. The Morgan fingerprint density at radius 3 is 2.72 bits per heavy atom. The summed E-state index contributed by atoms with van der Waals surface area (Å²) in [5, 5.41) is 1.03. The van der Waals surface area contributed by atoms with Crippen LogP contribution in [0.4, 0.5) is 0 Å². The van der Waals surface area contributed by atoms with Crippen LogP contribution in [0.2, 0.25) is 10.0 Å². The number of carbonyl (C=O) groups excluding carboxylic acids is 1. The van der Waals surface area contributed by atoms with E-state index in [4.69, 9.17) is 28.9 Å². The van der Waals surface area contributed by atoms with E-state index in [0.29, 0.717) is 23.1 Å². The van der Waals surface area contributed by atoms with Gasteiger partial charge in [-0.1, -0.05) is 49.2 Å². The number of carbonyl (C=O) groups is 1. The van der Waals surface area contributed by atoms with E-state index in [-0.39, 0.29) is 17.9 Å². The van der Waals surface area contributed by atoms with Crippen LogP contribution < -0.4 is 5.73 Å². The smallest absolute Gasteiger partial charge is 0.235 e. The molecule has 0 radical (unpaired) electrons. The van der Waals surface area contributed by atoms with E-state index < -0.39 is 0 Å². The molecule has 0 spiro atoms. The van der Waals surface area contributed by atoms with E-state index in [1.54, 1.807) is 18.5 Å². The summed E-state index contributed by atoms with van der Waals surface area (Å²) in [4.78, 5) is 21.4. The highest BCUT2D eigenvalue weighted by atomic mass is 35.5. The molecule has 0 aliphatic rings. The van der Waals surface area contributed by atoms with Gasteiger partial charge in [-0.2, -0.15) is 0 Å². The van der Waals surface area contributed by atoms with Crippen molar-refractivity contribution < 1.29 is 4.79 Å². The summed E-state index contributed by atoms with van der Waals surface area (Å²) in [6.07, 6.45) is 5.19. The average Bonchev–Trinajstić information content (AvgIpc) is 3.04. The van der Waals surface area contributed by atoms with Gasteiger partial charge in [-0.25, -0.2) is 4.98 Å². The zero-order valence-electron chi connectivity index (χ0n) is 14.5. The molecule has 3 N–H and O–H groups in total. The van der Waals surface area contributed by atoms with Crippen molar-refractivity contribution >= 4 is 29.1 Å². The van der Waals surface area contributed by atoms with Gasteiger partial charge in [0, 0.05) is 25.4 Å². The summed E-state index contributed by atoms with van der Waals surface area (Å²) in [7, 11) is 0. The Hall–Kier alpha value is -1.56. The van der Waals surface area contributed by atoms with Gasteiger partial charge in [0.15, 0.2) is 0 Å². The molecule has 1 heterocycles. The first-order valence-corrected chi connectivity index (χ1v) is 9.10. The van der Waals surface area contributed by atoms with Gasteiger partial charge in [0.05, 0.1) is 16.1 Å². The molecular formula is C18H24Cl2N4O. The summed E-state index contributed by atoms with van der Waals surface area (Å²) in [5.41, 5.74) is 6.56. The number of aryl methyl sites for hydroxylation is 1.